The van der Waals surface area contributed by atoms with Gasteiger partial charge in [-0.3, -0.25) is 0 Å². The number of para-hydroxylation sites is 2. The molecule has 0 bridgehead atoms. The molecule has 0 aliphatic rings. The number of fused-ring (bicyclic) bond motifs is 1. The first kappa shape index (κ1) is 17.8. The number of benzene rings is 3. The van der Waals surface area contributed by atoms with Crippen molar-refractivity contribution < 1.29 is 0 Å². The van der Waals surface area contributed by atoms with Gasteiger partial charge in [-0.1, -0.05) is 78.3 Å². The zero-order valence-corrected chi connectivity index (χ0v) is 15.7. The van der Waals surface area contributed by atoms with Crippen LogP contribution >= 0.6 is 11.6 Å². The van der Waals surface area contributed by atoms with Crippen LogP contribution in [0.4, 0.5) is 11.4 Å². The molecule has 0 spiro atoms. The summed E-state index contributed by atoms with van der Waals surface area (Å²) in [5.41, 5.74) is 4.22. The van der Waals surface area contributed by atoms with Gasteiger partial charge in [-0.2, -0.15) is 5.26 Å². The summed E-state index contributed by atoms with van der Waals surface area (Å²) in [6.45, 7) is 0. The van der Waals surface area contributed by atoms with Crippen LogP contribution in [0.25, 0.3) is 22.6 Å². The SMILES string of the molecule is N#C/C(=C\c1ccccc1)c1nc2ccccc2c(Nc2ccccc2)c1Cl. The first-order valence-corrected chi connectivity index (χ1v) is 9.21. The number of nitrogens with zero attached hydrogens (tertiary/aromatic N) is 2. The van der Waals surface area contributed by atoms with E-state index in [9.17, 15) is 5.26 Å². The summed E-state index contributed by atoms with van der Waals surface area (Å²) in [6, 6.07) is 29.5. The maximum absolute atomic E-state index is 9.78. The van der Waals surface area contributed by atoms with Gasteiger partial charge in [0.05, 0.1) is 21.8 Å². The topological polar surface area (TPSA) is 48.7 Å². The van der Waals surface area contributed by atoms with Crippen LogP contribution in [0.15, 0.2) is 84.9 Å². The third-order valence-corrected chi connectivity index (χ3v) is 4.73. The van der Waals surface area contributed by atoms with Crippen LogP contribution < -0.4 is 5.32 Å². The van der Waals surface area contributed by atoms with Crippen molar-refractivity contribution in [1.29, 1.82) is 5.26 Å². The molecule has 0 unspecified atom stereocenters. The minimum absolute atomic E-state index is 0.415. The van der Waals surface area contributed by atoms with E-state index >= 15 is 0 Å². The van der Waals surface area contributed by atoms with Gasteiger partial charge in [-0.15, -0.1) is 0 Å². The lowest BCUT2D eigenvalue weighted by Crippen LogP contribution is -1.99. The molecule has 3 nitrogen and oxygen atoms in total. The predicted octanol–water partition coefficient (Wildman–Crippen LogP) is 6.70. The standard InChI is InChI=1S/C24H16ClN3/c25-22-23(18(16-26)15-17-9-3-1-4-10-17)28-21-14-8-7-13-20(21)24(22)27-19-11-5-2-6-12-19/h1-15H,(H,27,28)/b18-15+. The summed E-state index contributed by atoms with van der Waals surface area (Å²) >= 11 is 6.76. The van der Waals surface area contributed by atoms with Crippen LogP contribution in [0.3, 0.4) is 0 Å². The van der Waals surface area contributed by atoms with Gasteiger partial charge in [-0.25, -0.2) is 4.98 Å². The summed E-state index contributed by atoms with van der Waals surface area (Å²) in [5.74, 6) is 0. The Kier molecular flexibility index (Phi) is 5.05. The number of aromatic nitrogens is 1. The van der Waals surface area contributed by atoms with E-state index in [4.69, 9.17) is 11.6 Å². The second kappa shape index (κ2) is 7.96. The second-order valence-electron chi connectivity index (χ2n) is 6.24. The number of nitrogens with one attached hydrogen (secondary N) is 1. The van der Waals surface area contributed by atoms with E-state index in [1.165, 1.54) is 0 Å². The van der Waals surface area contributed by atoms with Crippen LogP contribution in [0.2, 0.25) is 5.02 Å². The Labute approximate surface area is 168 Å². The first-order chi connectivity index (χ1) is 13.8. The summed E-state index contributed by atoms with van der Waals surface area (Å²) in [5, 5.41) is 14.5. The van der Waals surface area contributed by atoms with Crippen molar-refractivity contribution in [3.8, 4) is 6.07 Å². The molecule has 134 valence electrons. The van der Waals surface area contributed by atoms with Crippen molar-refractivity contribution in [3.05, 3.63) is 101 Å². The number of hydrogen-bond acceptors (Lipinski definition) is 3. The number of halogens is 1. The lowest BCUT2D eigenvalue weighted by molar-refractivity contribution is 1.35. The lowest BCUT2D eigenvalue weighted by Gasteiger charge is -2.14. The Balaban J connectivity index is 1.91. The number of hydrogen-bond donors (Lipinski definition) is 1. The van der Waals surface area contributed by atoms with Gasteiger partial charge in [0.15, 0.2) is 0 Å². The molecule has 4 rings (SSSR count). The fourth-order valence-electron chi connectivity index (χ4n) is 3.02. The molecule has 4 heteroatoms. The van der Waals surface area contributed by atoms with Crippen LogP contribution in [0.1, 0.15) is 11.3 Å². The van der Waals surface area contributed by atoms with Crippen molar-refractivity contribution >= 4 is 45.5 Å². The van der Waals surface area contributed by atoms with Crippen molar-refractivity contribution in [2.45, 2.75) is 0 Å². The Morgan fingerprint density at radius 3 is 2.25 bits per heavy atom. The fourth-order valence-corrected chi connectivity index (χ4v) is 3.32. The third-order valence-electron chi connectivity index (χ3n) is 4.36. The first-order valence-electron chi connectivity index (χ1n) is 8.84. The van der Waals surface area contributed by atoms with E-state index in [0.717, 1.165) is 27.8 Å². The summed E-state index contributed by atoms with van der Waals surface area (Å²) in [6.07, 6.45) is 1.80. The molecule has 1 heterocycles. The van der Waals surface area contributed by atoms with Crippen LogP contribution in [0.5, 0.6) is 0 Å². The smallest absolute Gasteiger partial charge is 0.102 e. The van der Waals surface area contributed by atoms with Gasteiger partial charge in [-0.05, 0) is 29.8 Å². The number of anilines is 2. The molecule has 28 heavy (non-hydrogen) atoms. The van der Waals surface area contributed by atoms with E-state index in [-0.39, 0.29) is 0 Å². The molecule has 1 N–H and O–H groups in total. The Morgan fingerprint density at radius 1 is 0.893 bits per heavy atom. The van der Waals surface area contributed by atoms with Crippen LogP contribution in [-0.4, -0.2) is 4.98 Å². The number of pyridine rings is 1. The monoisotopic (exact) mass is 381 g/mol. The fraction of sp³-hybridized carbons (Fsp3) is 0. The van der Waals surface area contributed by atoms with Gasteiger partial charge in [0.25, 0.3) is 0 Å². The minimum Gasteiger partial charge on any atom is -0.354 e. The normalized spacial score (nSPS) is 11.2. The van der Waals surface area contributed by atoms with E-state index < -0.39 is 0 Å². The third kappa shape index (κ3) is 3.59. The molecular formula is C24H16ClN3. The molecule has 0 atom stereocenters. The number of rotatable bonds is 4. The van der Waals surface area contributed by atoms with E-state index in [1.54, 1.807) is 6.08 Å². The average molecular weight is 382 g/mol. The summed E-state index contributed by atoms with van der Waals surface area (Å²) in [7, 11) is 0. The van der Waals surface area contributed by atoms with Gasteiger partial charge in [0, 0.05) is 11.1 Å². The van der Waals surface area contributed by atoms with Crippen molar-refractivity contribution in [3.63, 3.8) is 0 Å². The molecular weight excluding hydrogens is 366 g/mol. The van der Waals surface area contributed by atoms with E-state index in [2.05, 4.69) is 16.4 Å². The molecule has 0 amide bonds. The van der Waals surface area contributed by atoms with Crippen LogP contribution in [-0.2, 0) is 0 Å². The zero-order chi connectivity index (χ0) is 19.3. The second-order valence-corrected chi connectivity index (χ2v) is 6.62. The number of nitriles is 1. The Morgan fingerprint density at radius 2 is 1.54 bits per heavy atom. The van der Waals surface area contributed by atoms with Crippen molar-refractivity contribution in [2.24, 2.45) is 0 Å². The predicted molar refractivity (Wildman–Crippen MR) is 116 cm³/mol. The largest absolute Gasteiger partial charge is 0.354 e. The molecule has 0 saturated heterocycles. The van der Waals surface area contributed by atoms with Gasteiger partial charge < -0.3 is 5.32 Å². The van der Waals surface area contributed by atoms with Crippen molar-refractivity contribution in [1.82, 2.24) is 4.98 Å². The molecule has 1 aromatic heterocycles. The maximum Gasteiger partial charge on any atom is 0.102 e. The molecule has 3 aromatic carbocycles. The summed E-state index contributed by atoms with van der Waals surface area (Å²) < 4.78 is 0. The highest BCUT2D eigenvalue weighted by molar-refractivity contribution is 6.37. The van der Waals surface area contributed by atoms with Crippen molar-refractivity contribution in [2.75, 3.05) is 5.32 Å². The maximum atomic E-state index is 9.78. The summed E-state index contributed by atoms with van der Waals surface area (Å²) in [4.78, 5) is 4.68. The quantitative estimate of drug-likeness (QED) is 0.400. The van der Waals surface area contributed by atoms with Gasteiger partial charge in [0.2, 0.25) is 0 Å². The molecule has 0 aliphatic heterocycles. The van der Waals surface area contributed by atoms with Gasteiger partial charge in [0.1, 0.15) is 11.8 Å². The molecule has 0 saturated carbocycles. The molecule has 4 aromatic rings. The Bertz CT molecular complexity index is 1190. The minimum atomic E-state index is 0.415. The molecule has 0 aliphatic carbocycles. The highest BCUT2D eigenvalue weighted by atomic mass is 35.5. The zero-order valence-electron chi connectivity index (χ0n) is 14.9. The highest BCUT2D eigenvalue weighted by Gasteiger charge is 2.17. The van der Waals surface area contributed by atoms with E-state index in [1.807, 2.05) is 84.9 Å². The molecule has 0 fully saturated rings. The highest BCUT2D eigenvalue weighted by Crippen LogP contribution is 2.37. The molecule has 0 radical (unpaired) electrons. The van der Waals surface area contributed by atoms with E-state index in [0.29, 0.717) is 16.3 Å². The number of allylic oxidation sites excluding steroid dienone is 1. The van der Waals surface area contributed by atoms with Crippen LogP contribution in [0, 0.1) is 11.3 Å². The average Bonchev–Trinajstić information content (AvgIpc) is 2.75. The Hall–Kier alpha value is -3.61. The lowest BCUT2D eigenvalue weighted by atomic mass is 10.1. The van der Waals surface area contributed by atoms with Gasteiger partial charge >= 0.3 is 0 Å².